The summed E-state index contributed by atoms with van der Waals surface area (Å²) in [6.45, 7) is 5.14. The van der Waals surface area contributed by atoms with Crippen molar-refractivity contribution in [1.29, 1.82) is 0 Å². The summed E-state index contributed by atoms with van der Waals surface area (Å²) in [5.74, 6) is 0. The van der Waals surface area contributed by atoms with Gasteiger partial charge in [0.15, 0.2) is 0 Å². The largest absolute Gasteiger partial charge is 0.392 e. The molecule has 0 fully saturated rings. The van der Waals surface area contributed by atoms with Gasteiger partial charge in [0.05, 0.1) is 25.2 Å². The first-order valence-electron chi connectivity index (χ1n) is 3.52. The fraction of sp³-hybridized carbons (Fsp3) is 1.00. The Hall–Kier alpha value is -0.640. The van der Waals surface area contributed by atoms with Crippen LogP contribution in [-0.2, 0) is 0 Å². The van der Waals surface area contributed by atoms with E-state index in [-0.39, 0.29) is 6.10 Å². The van der Waals surface area contributed by atoms with Crippen LogP contribution in [0.1, 0.15) is 13.8 Å². The Kier molecular flexibility index (Phi) is 2.21. The zero-order valence-electron chi connectivity index (χ0n) is 6.36. The Morgan fingerprint density at radius 2 is 2.50 bits per heavy atom. The first kappa shape index (κ1) is 7.47. The Morgan fingerprint density at radius 1 is 1.80 bits per heavy atom. The van der Waals surface area contributed by atoms with Crippen LogP contribution in [0.5, 0.6) is 0 Å². The summed E-state index contributed by atoms with van der Waals surface area (Å²) in [5, 5.41) is 18.5. The molecule has 1 heterocycles. The summed E-state index contributed by atoms with van der Waals surface area (Å²) in [6.07, 6.45) is -0.320. The van der Waals surface area contributed by atoms with Crippen molar-refractivity contribution >= 4 is 0 Å². The Bertz CT molecular complexity index is 135. The summed E-state index contributed by atoms with van der Waals surface area (Å²) < 4.78 is 0. The maximum Gasteiger partial charge on any atom is 0.0838 e. The van der Waals surface area contributed by atoms with Gasteiger partial charge in [0, 0.05) is 0 Å². The van der Waals surface area contributed by atoms with Crippen molar-refractivity contribution < 1.29 is 5.11 Å². The van der Waals surface area contributed by atoms with Gasteiger partial charge in [-0.2, -0.15) is 5.11 Å². The van der Waals surface area contributed by atoms with Crippen molar-refractivity contribution in [1.82, 2.24) is 5.01 Å². The highest BCUT2D eigenvalue weighted by atomic mass is 16.3. The first-order valence-corrected chi connectivity index (χ1v) is 3.52. The van der Waals surface area contributed by atoms with Crippen molar-refractivity contribution in [3.05, 3.63) is 0 Å². The van der Waals surface area contributed by atoms with E-state index in [9.17, 15) is 0 Å². The van der Waals surface area contributed by atoms with E-state index in [0.29, 0.717) is 12.6 Å². The molecule has 1 rings (SSSR count). The topological polar surface area (TPSA) is 48.2 Å². The molecular weight excluding hydrogens is 130 g/mol. The van der Waals surface area contributed by atoms with Crippen LogP contribution < -0.4 is 0 Å². The van der Waals surface area contributed by atoms with Gasteiger partial charge in [0.2, 0.25) is 0 Å². The number of hydrogen-bond donors (Lipinski definition) is 1. The average Bonchev–Trinajstić information content (AvgIpc) is 2.15. The number of nitrogens with zero attached hydrogens (tertiary/aromatic N) is 3. The third-order valence-electron chi connectivity index (χ3n) is 1.48. The zero-order chi connectivity index (χ0) is 7.56. The number of aliphatic hydroxyl groups is 1. The lowest BCUT2D eigenvalue weighted by Gasteiger charge is -2.18. The Balaban J connectivity index is 2.33. The molecular formula is C6H13N3O. The fourth-order valence-electron chi connectivity index (χ4n) is 0.905. The highest BCUT2D eigenvalue weighted by molar-refractivity contribution is 4.70. The molecule has 0 aliphatic carbocycles. The van der Waals surface area contributed by atoms with E-state index in [1.807, 2.05) is 11.9 Å². The Labute approximate surface area is 60.5 Å². The second-order valence-electron chi connectivity index (χ2n) is 2.73. The number of β-amino-alcohol motifs (C(OH)–C–C–N with tert-alkyl or cyclic N) is 1. The highest BCUT2D eigenvalue weighted by Gasteiger charge is 2.17. The molecule has 0 aromatic heterocycles. The first-order chi connectivity index (χ1) is 4.70. The van der Waals surface area contributed by atoms with Gasteiger partial charge in [-0.25, -0.2) is 0 Å². The molecule has 4 heteroatoms. The molecule has 2 atom stereocenters. The molecule has 4 nitrogen and oxygen atoms in total. The average molecular weight is 143 g/mol. The van der Waals surface area contributed by atoms with Crippen molar-refractivity contribution in [2.75, 3.05) is 13.1 Å². The second kappa shape index (κ2) is 2.96. The van der Waals surface area contributed by atoms with Crippen molar-refractivity contribution in [2.24, 2.45) is 10.3 Å². The predicted octanol–water partition coefficient (Wildman–Crippen LogP) is 0.439. The fourth-order valence-corrected chi connectivity index (χ4v) is 0.905. The number of rotatable bonds is 2. The lowest BCUT2D eigenvalue weighted by Crippen LogP contribution is -2.31. The van der Waals surface area contributed by atoms with Gasteiger partial charge < -0.3 is 5.11 Å². The van der Waals surface area contributed by atoms with Crippen LogP contribution in [0.3, 0.4) is 0 Å². The van der Waals surface area contributed by atoms with E-state index < -0.39 is 0 Å². The monoisotopic (exact) mass is 143 g/mol. The van der Waals surface area contributed by atoms with E-state index in [2.05, 4.69) is 10.3 Å². The maximum atomic E-state index is 8.99. The highest BCUT2D eigenvalue weighted by Crippen LogP contribution is 2.08. The minimum atomic E-state index is -0.320. The lowest BCUT2D eigenvalue weighted by molar-refractivity contribution is 0.117. The molecule has 1 N–H and O–H groups in total. The van der Waals surface area contributed by atoms with Crippen LogP contribution in [0, 0.1) is 0 Å². The predicted molar refractivity (Wildman–Crippen MR) is 37.6 cm³/mol. The smallest absolute Gasteiger partial charge is 0.0838 e. The lowest BCUT2D eigenvalue weighted by atomic mass is 10.3. The van der Waals surface area contributed by atoms with E-state index in [4.69, 9.17) is 5.11 Å². The molecule has 0 bridgehead atoms. The van der Waals surface area contributed by atoms with E-state index in [1.165, 1.54) is 0 Å². The van der Waals surface area contributed by atoms with Crippen LogP contribution in [0.2, 0.25) is 0 Å². The van der Waals surface area contributed by atoms with E-state index in [0.717, 1.165) is 6.54 Å². The quantitative estimate of drug-likeness (QED) is 0.609. The molecule has 0 amide bonds. The van der Waals surface area contributed by atoms with Crippen molar-refractivity contribution in [3.8, 4) is 0 Å². The molecule has 0 aromatic carbocycles. The van der Waals surface area contributed by atoms with Crippen molar-refractivity contribution in [2.45, 2.75) is 26.0 Å². The van der Waals surface area contributed by atoms with Gasteiger partial charge in [0.25, 0.3) is 0 Å². The van der Waals surface area contributed by atoms with Crippen LogP contribution in [-0.4, -0.2) is 35.4 Å². The second-order valence-corrected chi connectivity index (χ2v) is 2.73. The summed E-state index contributed by atoms with van der Waals surface area (Å²) in [5.41, 5.74) is 0. The molecule has 0 radical (unpaired) electrons. The minimum Gasteiger partial charge on any atom is -0.392 e. The maximum absolute atomic E-state index is 8.99. The van der Waals surface area contributed by atoms with Crippen LogP contribution in [0.25, 0.3) is 0 Å². The molecule has 0 saturated carbocycles. The summed E-state index contributed by atoms with van der Waals surface area (Å²) >= 11 is 0. The van der Waals surface area contributed by atoms with Crippen LogP contribution in [0.4, 0.5) is 0 Å². The van der Waals surface area contributed by atoms with Crippen molar-refractivity contribution in [3.63, 3.8) is 0 Å². The number of hydrogen-bond acceptors (Lipinski definition) is 4. The van der Waals surface area contributed by atoms with Gasteiger partial charge >= 0.3 is 0 Å². The van der Waals surface area contributed by atoms with Crippen LogP contribution >= 0.6 is 0 Å². The van der Waals surface area contributed by atoms with E-state index in [1.54, 1.807) is 6.92 Å². The third kappa shape index (κ3) is 1.67. The van der Waals surface area contributed by atoms with Crippen LogP contribution in [0.15, 0.2) is 10.3 Å². The molecule has 1 aliphatic rings. The van der Waals surface area contributed by atoms with Gasteiger partial charge in [-0.15, -0.1) is 0 Å². The van der Waals surface area contributed by atoms with Gasteiger partial charge in [-0.1, -0.05) is 5.22 Å². The summed E-state index contributed by atoms with van der Waals surface area (Å²) in [4.78, 5) is 0. The SMILES string of the molecule is CC(O)CN1N=NC[C@@H]1C. The molecule has 58 valence electrons. The van der Waals surface area contributed by atoms with Gasteiger partial charge in [-0.05, 0) is 13.8 Å². The standard InChI is InChI=1S/C6H13N3O/c1-5-3-7-8-9(5)4-6(2)10/h5-6,10H,3-4H2,1-2H3/t5-,6?/m0/s1. The molecule has 0 aromatic rings. The summed E-state index contributed by atoms with van der Waals surface area (Å²) in [6, 6.07) is 0.356. The molecule has 0 saturated heterocycles. The third-order valence-corrected chi connectivity index (χ3v) is 1.48. The molecule has 10 heavy (non-hydrogen) atoms. The molecule has 1 unspecified atom stereocenters. The Morgan fingerprint density at radius 3 is 2.90 bits per heavy atom. The minimum absolute atomic E-state index is 0.320. The van der Waals surface area contributed by atoms with E-state index >= 15 is 0 Å². The normalized spacial score (nSPS) is 27.5. The molecule has 0 spiro atoms. The van der Waals surface area contributed by atoms with Gasteiger partial charge in [0.1, 0.15) is 0 Å². The summed E-state index contributed by atoms with van der Waals surface area (Å²) in [7, 11) is 0. The van der Waals surface area contributed by atoms with Gasteiger partial charge in [-0.3, -0.25) is 5.01 Å². The zero-order valence-corrected chi connectivity index (χ0v) is 6.36. The number of aliphatic hydroxyl groups excluding tert-OH is 1. The molecule has 1 aliphatic heterocycles.